The zero-order valence-corrected chi connectivity index (χ0v) is 15.9. The summed E-state index contributed by atoms with van der Waals surface area (Å²) in [7, 11) is 0. The minimum atomic E-state index is -0.445. The second-order valence-electron chi connectivity index (χ2n) is 6.69. The Bertz CT molecular complexity index is 610. The number of hydrogen-bond acceptors (Lipinski definition) is 4. The molecule has 0 saturated heterocycles. The molecule has 2 heterocycles. The van der Waals surface area contributed by atoms with Gasteiger partial charge in [0.15, 0.2) is 6.54 Å². The Morgan fingerprint density at radius 2 is 1.58 bits per heavy atom. The van der Waals surface area contributed by atoms with Crippen LogP contribution in [-0.2, 0) is 17.9 Å². The Morgan fingerprint density at radius 1 is 1.04 bits per heavy atom. The van der Waals surface area contributed by atoms with E-state index >= 15 is 0 Å². The summed E-state index contributed by atoms with van der Waals surface area (Å²) in [6.45, 7) is 7.42. The molecule has 0 aliphatic carbocycles. The van der Waals surface area contributed by atoms with Crippen molar-refractivity contribution in [2.45, 2.75) is 39.4 Å². The minimum Gasteiger partial charge on any atom is -0.333 e. The van der Waals surface area contributed by atoms with E-state index in [2.05, 4.69) is 22.8 Å². The fourth-order valence-electron chi connectivity index (χ4n) is 2.28. The van der Waals surface area contributed by atoms with Crippen molar-refractivity contribution in [2.24, 2.45) is 0 Å². The number of imide groups is 1. The molecule has 5 nitrogen and oxygen atoms in total. The first kappa shape index (κ1) is 18.6. The van der Waals surface area contributed by atoms with Crippen molar-refractivity contribution in [3.05, 3.63) is 44.8 Å². The average molecular weight is 367 g/mol. The topological polar surface area (TPSA) is 62.6 Å². The Labute approximate surface area is 150 Å². The molecule has 0 radical (unpaired) electrons. The highest BCUT2D eigenvalue weighted by Gasteiger charge is 2.20. The summed E-state index contributed by atoms with van der Waals surface area (Å²) < 4.78 is 0. The van der Waals surface area contributed by atoms with Crippen molar-refractivity contribution in [2.75, 3.05) is 6.54 Å². The Hall–Kier alpha value is -1.70. The maximum Gasteiger partial charge on any atom is 0.322 e. The Morgan fingerprint density at radius 3 is 2.00 bits per heavy atom. The van der Waals surface area contributed by atoms with Crippen LogP contribution in [-0.4, -0.2) is 24.0 Å². The van der Waals surface area contributed by atoms with Gasteiger partial charge in [-0.05, 0) is 43.7 Å². The highest BCUT2D eigenvalue weighted by atomic mass is 32.1. The molecule has 7 heteroatoms. The second-order valence-corrected chi connectivity index (χ2v) is 8.76. The van der Waals surface area contributed by atoms with Crippen LogP contribution in [0.4, 0.5) is 4.79 Å². The first-order valence-corrected chi connectivity index (χ1v) is 9.58. The molecule has 0 aliphatic rings. The minimum absolute atomic E-state index is 0.257. The van der Waals surface area contributed by atoms with Gasteiger partial charge in [0.1, 0.15) is 13.1 Å². The second kappa shape index (κ2) is 8.41. The first-order chi connectivity index (χ1) is 11.3. The van der Waals surface area contributed by atoms with Gasteiger partial charge in [0, 0.05) is 5.54 Å². The van der Waals surface area contributed by atoms with Crippen molar-refractivity contribution in [3.8, 4) is 0 Å². The van der Waals surface area contributed by atoms with Crippen molar-refractivity contribution >= 4 is 34.6 Å². The fraction of sp³-hybridized carbons (Fsp3) is 0.412. The Kier molecular flexibility index (Phi) is 6.53. The molecule has 2 rings (SSSR count). The number of quaternary nitrogens is 1. The third-order valence-corrected chi connectivity index (χ3v) is 4.91. The van der Waals surface area contributed by atoms with Gasteiger partial charge < -0.3 is 10.2 Å². The van der Waals surface area contributed by atoms with Crippen LogP contribution < -0.4 is 15.5 Å². The zero-order chi connectivity index (χ0) is 17.6. The first-order valence-electron chi connectivity index (χ1n) is 7.82. The van der Waals surface area contributed by atoms with Crippen LogP contribution in [0.1, 0.15) is 30.5 Å². The van der Waals surface area contributed by atoms with E-state index in [0.717, 1.165) is 18.0 Å². The molecule has 130 valence electrons. The van der Waals surface area contributed by atoms with E-state index in [1.165, 1.54) is 9.75 Å². The molecule has 0 atom stereocenters. The Balaban J connectivity index is 1.93. The lowest BCUT2D eigenvalue weighted by atomic mass is 10.1. The van der Waals surface area contributed by atoms with Gasteiger partial charge >= 0.3 is 6.03 Å². The number of hydrogen-bond donors (Lipinski definition) is 3. The van der Waals surface area contributed by atoms with Gasteiger partial charge in [-0.3, -0.25) is 10.1 Å². The van der Waals surface area contributed by atoms with E-state index in [4.69, 9.17) is 0 Å². The molecular formula is C17H24N3O2S2+. The number of thiophene rings is 2. The maximum absolute atomic E-state index is 12.2. The number of rotatable bonds is 6. The number of carbonyl (C=O) groups is 2. The van der Waals surface area contributed by atoms with Crippen LogP contribution in [0.3, 0.4) is 0 Å². The molecule has 0 aliphatic heterocycles. The molecular weight excluding hydrogens is 342 g/mol. The molecule has 3 N–H and O–H groups in total. The molecule has 0 spiro atoms. The van der Waals surface area contributed by atoms with Crippen LogP contribution in [0, 0.1) is 0 Å². The summed E-state index contributed by atoms with van der Waals surface area (Å²) in [4.78, 5) is 27.6. The normalized spacial score (nSPS) is 11.5. The maximum atomic E-state index is 12.2. The van der Waals surface area contributed by atoms with Gasteiger partial charge in [-0.1, -0.05) is 12.1 Å². The summed E-state index contributed by atoms with van der Waals surface area (Å²) in [5, 5.41) is 9.23. The van der Waals surface area contributed by atoms with Gasteiger partial charge in [-0.25, -0.2) is 4.79 Å². The lowest BCUT2D eigenvalue weighted by Gasteiger charge is -2.21. The van der Waals surface area contributed by atoms with E-state index in [-0.39, 0.29) is 18.0 Å². The van der Waals surface area contributed by atoms with Crippen LogP contribution in [0.5, 0.6) is 0 Å². The SMILES string of the molecule is CC(C)(C)NC(=O)NC(=O)C[NH+](Cc1cccs1)Cc1cccs1. The van der Waals surface area contributed by atoms with Gasteiger partial charge in [0.25, 0.3) is 5.91 Å². The van der Waals surface area contributed by atoms with Crippen LogP contribution >= 0.6 is 22.7 Å². The molecule has 0 aromatic carbocycles. The van der Waals surface area contributed by atoms with Crippen LogP contribution in [0.2, 0.25) is 0 Å². The zero-order valence-electron chi connectivity index (χ0n) is 14.2. The summed E-state index contributed by atoms with van der Waals surface area (Å²) in [5.74, 6) is -0.264. The van der Waals surface area contributed by atoms with Crippen LogP contribution in [0.15, 0.2) is 35.0 Å². The molecule has 2 aromatic rings. The summed E-state index contributed by atoms with van der Waals surface area (Å²) in [6, 6.07) is 7.73. The van der Waals surface area contributed by atoms with Gasteiger partial charge in [-0.2, -0.15) is 0 Å². The number of carbonyl (C=O) groups excluding carboxylic acids is 2. The van der Waals surface area contributed by atoms with E-state index in [0.29, 0.717) is 0 Å². The summed E-state index contributed by atoms with van der Waals surface area (Å²) in [5.41, 5.74) is -0.370. The number of urea groups is 1. The summed E-state index contributed by atoms with van der Waals surface area (Å²) in [6.07, 6.45) is 0. The highest BCUT2D eigenvalue weighted by Crippen LogP contribution is 2.08. The monoisotopic (exact) mass is 366 g/mol. The van der Waals surface area contributed by atoms with Crippen molar-refractivity contribution in [1.82, 2.24) is 10.6 Å². The van der Waals surface area contributed by atoms with Gasteiger partial charge in [-0.15, -0.1) is 22.7 Å². The van der Waals surface area contributed by atoms with Crippen molar-refractivity contribution < 1.29 is 14.5 Å². The van der Waals surface area contributed by atoms with Crippen molar-refractivity contribution in [3.63, 3.8) is 0 Å². The standard InChI is InChI=1S/C17H23N3O2S2/c1-17(2,3)19-16(22)18-15(21)12-20(10-13-6-4-8-23-13)11-14-7-5-9-24-14/h4-9H,10-12H2,1-3H3,(H2,18,19,21,22)/p+1. The lowest BCUT2D eigenvalue weighted by molar-refractivity contribution is -0.919. The number of nitrogens with one attached hydrogen (secondary N) is 3. The average Bonchev–Trinajstić information content (AvgIpc) is 3.09. The summed E-state index contributed by atoms with van der Waals surface area (Å²) >= 11 is 3.37. The van der Waals surface area contributed by atoms with Crippen molar-refractivity contribution in [1.29, 1.82) is 0 Å². The molecule has 0 unspecified atom stereocenters. The van der Waals surface area contributed by atoms with Crippen LogP contribution in [0.25, 0.3) is 0 Å². The molecule has 0 saturated carbocycles. The molecule has 2 aromatic heterocycles. The molecule has 3 amide bonds. The lowest BCUT2D eigenvalue weighted by Crippen LogP contribution is -3.10. The molecule has 0 bridgehead atoms. The van der Waals surface area contributed by atoms with E-state index in [1.807, 2.05) is 43.7 Å². The van der Waals surface area contributed by atoms with E-state index in [1.54, 1.807) is 22.7 Å². The highest BCUT2D eigenvalue weighted by molar-refractivity contribution is 7.10. The van der Waals surface area contributed by atoms with Gasteiger partial charge in [0.2, 0.25) is 0 Å². The predicted molar refractivity (Wildman–Crippen MR) is 98.3 cm³/mol. The molecule has 0 fully saturated rings. The smallest absolute Gasteiger partial charge is 0.322 e. The largest absolute Gasteiger partial charge is 0.333 e. The predicted octanol–water partition coefficient (Wildman–Crippen LogP) is 2.02. The number of amides is 3. The quantitative estimate of drug-likeness (QED) is 0.732. The van der Waals surface area contributed by atoms with E-state index in [9.17, 15) is 9.59 Å². The fourth-order valence-corrected chi connectivity index (χ4v) is 3.83. The van der Waals surface area contributed by atoms with Gasteiger partial charge in [0.05, 0.1) is 9.75 Å². The van der Waals surface area contributed by atoms with E-state index < -0.39 is 6.03 Å². The molecule has 24 heavy (non-hydrogen) atoms. The third kappa shape index (κ3) is 6.82. The third-order valence-electron chi connectivity index (χ3n) is 3.16.